The van der Waals surface area contributed by atoms with Crippen molar-refractivity contribution in [1.82, 2.24) is 15.1 Å². The molecule has 0 saturated heterocycles. The molecule has 1 heterocycles. The van der Waals surface area contributed by atoms with Crippen molar-refractivity contribution in [2.75, 3.05) is 6.54 Å². The first-order chi connectivity index (χ1) is 9.22. The first kappa shape index (κ1) is 14.9. The van der Waals surface area contributed by atoms with E-state index < -0.39 is 0 Å². The normalized spacial score (nSPS) is 17.0. The van der Waals surface area contributed by atoms with Crippen LogP contribution in [0.25, 0.3) is 0 Å². The molecule has 1 aliphatic carbocycles. The van der Waals surface area contributed by atoms with E-state index in [-0.39, 0.29) is 0 Å². The predicted molar refractivity (Wildman–Crippen MR) is 82.7 cm³/mol. The molecule has 2 rings (SSSR count). The number of hydrogen-bond acceptors (Lipinski definition) is 3. The molecule has 0 bridgehead atoms. The van der Waals surface area contributed by atoms with Crippen LogP contribution in [0.2, 0.25) is 0 Å². The highest BCUT2D eigenvalue weighted by Crippen LogP contribution is 2.35. The molecule has 0 aromatic carbocycles. The minimum Gasteiger partial charge on any atom is -0.313 e. The number of aryl methyl sites for hydroxylation is 2. The summed E-state index contributed by atoms with van der Waals surface area (Å²) in [4.78, 5) is 0. The van der Waals surface area contributed by atoms with E-state index in [4.69, 9.17) is 0 Å². The average molecular weight is 281 g/mol. The van der Waals surface area contributed by atoms with Crippen molar-refractivity contribution < 1.29 is 0 Å². The van der Waals surface area contributed by atoms with Gasteiger partial charge < -0.3 is 5.32 Å². The van der Waals surface area contributed by atoms with Crippen molar-refractivity contribution in [2.24, 2.45) is 7.05 Å². The van der Waals surface area contributed by atoms with Crippen molar-refractivity contribution >= 4 is 11.8 Å². The summed E-state index contributed by atoms with van der Waals surface area (Å²) in [5, 5.41) is 10.3. The minimum atomic E-state index is 0.800. The van der Waals surface area contributed by atoms with Crippen molar-refractivity contribution in [3.8, 4) is 0 Å². The molecule has 19 heavy (non-hydrogen) atoms. The van der Waals surface area contributed by atoms with Crippen LogP contribution in [0.3, 0.4) is 0 Å². The van der Waals surface area contributed by atoms with Gasteiger partial charge in [0.1, 0.15) is 0 Å². The number of rotatable bonds is 6. The van der Waals surface area contributed by atoms with Crippen LogP contribution < -0.4 is 5.32 Å². The van der Waals surface area contributed by atoms with Gasteiger partial charge in [-0.1, -0.05) is 26.2 Å². The Morgan fingerprint density at radius 2 is 2.05 bits per heavy atom. The highest BCUT2D eigenvalue weighted by molar-refractivity contribution is 7.99. The van der Waals surface area contributed by atoms with Gasteiger partial charge in [-0.3, -0.25) is 4.68 Å². The number of thioether (sulfide) groups is 1. The third-order valence-corrected chi connectivity index (χ3v) is 5.39. The highest BCUT2D eigenvalue weighted by atomic mass is 32.2. The zero-order chi connectivity index (χ0) is 13.7. The maximum Gasteiger partial charge on any atom is 0.0987 e. The van der Waals surface area contributed by atoms with Crippen LogP contribution in [-0.2, 0) is 13.6 Å². The maximum absolute atomic E-state index is 4.61. The Morgan fingerprint density at radius 3 is 2.74 bits per heavy atom. The molecular formula is C15H27N3S. The van der Waals surface area contributed by atoms with Crippen LogP contribution in [0.4, 0.5) is 0 Å². The first-order valence-electron chi connectivity index (χ1n) is 7.62. The number of hydrogen-bond donors (Lipinski definition) is 1. The lowest BCUT2D eigenvalue weighted by Crippen LogP contribution is -2.15. The zero-order valence-corrected chi connectivity index (χ0v) is 13.4. The van der Waals surface area contributed by atoms with Gasteiger partial charge in [0.05, 0.1) is 10.7 Å². The molecule has 0 amide bonds. The van der Waals surface area contributed by atoms with Gasteiger partial charge in [-0.05, 0) is 32.7 Å². The zero-order valence-electron chi connectivity index (χ0n) is 12.5. The standard InChI is InChI=1S/C15H27N3S/c1-4-10-16-11-14-12(2)17-18(3)15(14)19-13-8-6-5-7-9-13/h13,16H,4-11H2,1-3H3. The highest BCUT2D eigenvalue weighted by Gasteiger charge is 2.20. The third-order valence-electron chi connectivity index (χ3n) is 3.85. The molecule has 1 N–H and O–H groups in total. The lowest BCUT2D eigenvalue weighted by molar-refractivity contribution is 0.514. The fourth-order valence-corrected chi connectivity index (χ4v) is 4.20. The second kappa shape index (κ2) is 7.34. The summed E-state index contributed by atoms with van der Waals surface area (Å²) in [6, 6.07) is 0. The molecule has 0 aliphatic heterocycles. The molecule has 1 saturated carbocycles. The molecule has 0 unspecified atom stereocenters. The van der Waals surface area contributed by atoms with Gasteiger partial charge in [0, 0.05) is 24.4 Å². The van der Waals surface area contributed by atoms with Gasteiger partial charge in [-0.25, -0.2) is 0 Å². The Balaban J connectivity index is 2.04. The van der Waals surface area contributed by atoms with Gasteiger partial charge in [0.2, 0.25) is 0 Å². The number of nitrogens with zero attached hydrogens (tertiary/aromatic N) is 2. The quantitative estimate of drug-likeness (QED) is 0.807. The second-order valence-electron chi connectivity index (χ2n) is 5.55. The Hall–Kier alpha value is -0.480. The van der Waals surface area contributed by atoms with Crippen molar-refractivity contribution in [1.29, 1.82) is 0 Å². The molecule has 4 heteroatoms. The minimum absolute atomic E-state index is 0.800. The first-order valence-corrected chi connectivity index (χ1v) is 8.50. The number of aromatic nitrogens is 2. The Morgan fingerprint density at radius 1 is 1.32 bits per heavy atom. The molecule has 0 radical (unpaired) electrons. The third kappa shape index (κ3) is 3.99. The van der Waals surface area contributed by atoms with Gasteiger partial charge in [0.25, 0.3) is 0 Å². The van der Waals surface area contributed by atoms with E-state index in [0.717, 1.165) is 18.3 Å². The van der Waals surface area contributed by atoms with Crippen molar-refractivity contribution in [3.63, 3.8) is 0 Å². The SMILES string of the molecule is CCCNCc1c(C)nn(C)c1SC1CCCCC1. The summed E-state index contributed by atoms with van der Waals surface area (Å²) in [5.41, 5.74) is 2.59. The smallest absolute Gasteiger partial charge is 0.0987 e. The summed E-state index contributed by atoms with van der Waals surface area (Å²) in [6.45, 7) is 6.39. The van der Waals surface area contributed by atoms with Crippen LogP contribution >= 0.6 is 11.8 Å². The molecule has 1 aliphatic rings. The van der Waals surface area contributed by atoms with Crippen LogP contribution in [0.5, 0.6) is 0 Å². The second-order valence-corrected chi connectivity index (χ2v) is 6.84. The summed E-state index contributed by atoms with van der Waals surface area (Å²) < 4.78 is 2.08. The van der Waals surface area contributed by atoms with Crippen LogP contribution in [0.1, 0.15) is 56.7 Å². The van der Waals surface area contributed by atoms with E-state index in [1.165, 1.54) is 54.8 Å². The fraction of sp³-hybridized carbons (Fsp3) is 0.800. The molecule has 0 atom stereocenters. The molecule has 1 fully saturated rings. The van der Waals surface area contributed by atoms with E-state index in [1.807, 2.05) is 0 Å². The summed E-state index contributed by atoms with van der Waals surface area (Å²) in [5.74, 6) is 0. The summed E-state index contributed by atoms with van der Waals surface area (Å²) in [7, 11) is 2.08. The molecule has 1 aromatic rings. The van der Waals surface area contributed by atoms with Crippen LogP contribution in [0, 0.1) is 6.92 Å². The molecule has 3 nitrogen and oxygen atoms in total. The van der Waals surface area contributed by atoms with Crippen LogP contribution in [-0.4, -0.2) is 21.6 Å². The summed E-state index contributed by atoms with van der Waals surface area (Å²) >= 11 is 2.06. The van der Waals surface area contributed by atoms with E-state index in [0.29, 0.717) is 0 Å². The van der Waals surface area contributed by atoms with E-state index >= 15 is 0 Å². The average Bonchev–Trinajstić information content (AvgIpc) is 2.67. The fourth-order valence-electron chi connectivity index (χ4n) is 2.76. The van der Waals surface area contributed by atoms with Gasteiger partial charge in [-0.15, -0.1) is 11.8 Å². The van der Waals surface area contributed by atoms with Gasteiger partial charge in [0.15, 0.2) is 0 Å². The van der Waals surface area contributed by atoms with E-state index in [2.05, 4.69) is 47.8 Å². The predicted octanol–water partition coefficient (Wildman–Crippen LogP) is 3.65. The lowest BCUT2D eigenvalue weighted by Gasteiger charge is -2.21. The van der Waals surface area contributed by atoms with Crippen molar-refractivity contribution in [3.05, 3.63) is 11.3 Å². The maximum atomic E-state index is 4.61. The van der Waals surface area contributed by atoms with Crippen molar-refractivity contribution in [2.45, 2.75) is 69.2 Å². The summed E-state index contributed by atoms with van der Waals surface area (Å²) in [6.07, 6.45) is 8.15. The Kier molecular flexibility index (Phi) is 5.76. The van der Waals surface area contributed by atoms with Gasteiger partial charge >= 0.3 is 0 Å². The Labute approximate surface area is 121 Å². The molecular weight excluding hydrogens is 254 g/mol. The Bertz CT molecular complexity index is 394. The van der Waals surface area contributed by atoms with E-state index in [1.54, 1.807) is 0 Å². The monoisotopic (exact) mass is 281 g/mol. The van der Waals surface area contributed by atoms with E-state index in [9.17, 15) is 0 Å². The molecule has 108 valence electrons. The molecule has 0 spiro atoms. The topological polar surface area (TPSA) is 29.9 Å². The largest absolute Gasteiger partial charge is 0.313 e. The molecule has 1 aromatic heterocycles. The lowest BCUT2D eigenvalue weighted by atomic mass is 10.0. The van der Waals surface area contributed by atoms with Crippen LogP contribution in [0.15, 0.2) is 5.03 Å². The van der Waals surface area contributed by atoms with Gasteiger partial charge in [-0.2, -0.15) is 5.10 Å². The number of nitrogens with one attached hydrogen (secondary N) is 1.